The van der Waals surface area contributed by atoms with Crippen LogP contribution in [-0.4, -0.2) is 31.1 Å². The van der Waals surface area contributed by atoms with Crippen molar-refractivity contribution in [2.24, 2.45) is 0 Å². The molecule has 0 fully saturated rings. The summed E-state index contributed by atoms with van der Waals surface area (Å²) in [4.78, 5) is 19.9. The molecule has 1 aromatic carbocycles. The molecule has 140 valence electrons. The Kier molecular flexibility index (Phi) is 4.88. The third-order valence-electron chi connectivity index (χ3n) is 4.67. The lowest BCUT2D eigenvalue weighted by molar-refractivity contribution is -0.117. The molecule has 0 aliphatic carbocycles. The average Bonchev–Trinajstić information content (AvgIpc) is 3.39. The summed E-state index contributed by atoms with van der Waals surface area (Å²) in [5, 5.41) is 3.43. The number of fused-ring (bicyclic) bond motifs is 1. The highest BCUT2D eigenvalue weighted by Gasteiger charge is 2.35. The minimum atomic E-state index is -3.65. The van der Waals surface area contributed by atoms with Crippen molar-refractivity contribution in [2.45, 2.75) is 24.3 Å². The van der Waals surface area contributed by atoms with E-state index in [2.05, 4.69) is 4.98 Å². The second-order valence-corrected chi connectivity index (χ2v) is 10.6. The normalized spacial score (nSPS) is 14.9. The molecule has 0 N–H and O–H groups in total. The molecule has 0 bridgehead atoms. The Morgan fingerprint density at radius 3 is 2.81 bits per heavy atom. The maximum atomic E-state index is 12.9. The first-order valence-corrected chi connectivity index (χ1v) is 12.0. The smallest absolute Gasteiger partial charge is 0.245 e. The second-order valence-electron chi connectivity index (χ2n) is 6.44. The molecule has 0 unspecified atom stereocenters. The van der Waals surface area contributed by atoms with Crippen molar-refractivity contribution in [2.75, 3.05) is 11.4 Å². The van der Waals surface area contributed by atoms with Gasteiger partial charge in [0.15, 0.2) is 9.84 Å². The SMILES string of the molecule is C[C@H](C(=O)N1CCc2ccccc21)S(=O)(=O)Cc1csc(-c2cccs2)n1. The molecule has 8 heteroatoms. The third kappa shape index (κ3) is 3.56. The zero-order chi connectivity index (χ0) is 19.0. The average molecular weight is 419 g/mol. The van der Waals surface area contributed by atoms with Gasteiger partial charge >= 0.3 is 0 Å². The number of rotatable bonds is 5. The maximum absolute atomic E-state index is 12.9. The van der Waals surface area contributed by atoms with Crippen LogP contribution in [0.4, 0.5) is 5.69 Å². The first kappa shape index (κ1) is 18.3. The van der Waals surface area contributed by atoms with Crippen molar-refractivity contribution in [3.05, 3.63) is 58.4 Å². The first-order valence-electron chi connectivity index (χ1n) is 8.55. The molecule has 3 heterocycles. The number of thiophene rings is 1. The third-order valence-corrected chi connectivity index (χ3v) is 8.58. The van der Waals surface area contributed by atoms with Gasteiger partial charge in [0.25, 0.3) is 0 Å². The van der Waals surface area contributed by atoms with Crippen LogP contribution in [0, 0.1) is 0 Å². The molecule has 4 rings (SSSR count). The van der Waals surface area contributed by atoms with E-state index in [1.54, 1.807) is 21.6 Å². The summed E-state index contributed by atoms with van der Waals surface area (Å²) in [6, 6.07) is 11.5. The topological polar surface area (TPSA) is 67.3 Å². The molecule has 0 saturated heterocycles. The van der Waals surface area contributed by atoms with Gasteiger partial charge in [-0.2, -0.15) is 0 Å². The fourth-order valence-corrected chi connectivity index (χ4v) is 6.14. The summed E-state index contributed by atoms with van der Waals surface area (Å²) in [6.45, 7) is 2.00. The van der Waals surface area contributed by atoms with E-state index in [4.69, 9.17) is 0 Å². The lowest BCUT2D eigenvalue weighted by atomic mass is 10.2. The van der Waals surface area contributed by atoms with Gasteiger partial charge in [-0.05, 0) is 36.4 Å². The lowest BCUT2D eigenvalue weighted by Crippen LogP contribution is -2.41. The van der Waals surface area contributed by atoms with Crippen molar-refractivity contribution >= 4 is 44.1 Å². The van der Waals surface area contributed by atoms with Gasteiger partial charge < -0.3 is 4.90 Å². The predicted molar refractivity (Wildman–Crippen MR) is 110 cm³/mol. The van der Waals surface area contributed by atoms with Gasteiger partial charge in [0.2, 0.25) is 5.91 Å². The number of benzene rings is 1. The van der Waals surface area contributed by atoms with E-state index >= 15 is 0 Å². The summed E-state index contributed by atoms with van der Waals surface area (Å²) < 4.78 is 25.7. The highest BCUT2D eigenvalue weighted by molar-refractivity contribution is 7.92. The molecule has 1 amide bonds. The Morgan fingerprint density at radius 2 is 2.04 bits per heavy atom. The summed E-state index contributed by atoms with van der Waals surface area (Å²) in [7, 11) is -3.65. The van der Waals surface area contributed by atoms with E-state index in [-0.39, 0.29) is 11.7 Å². The quantitative estimate of drug-likeness (QED) is 0.633. The van der Waals surface area contributed by atoms with Crippen molar-refractivity contribution in [1.82, 2.24) is 4.98 Å². The molecular weight excluding hydrogens is 400 g/mol. The zero-order valence-electron chi connectivity index (χ0n) is 14.7. The Morgan fingerprint density at radius 1 is 1.22 bits per heavy atom. The largest absolute Gasteiger partial charge is 0.311 e. The van der Waals surface area contributed by atoms with Crippen LogP contribution in [0.1, 0.15) is 18.2 Å². The van der Waals surface area contributed by atoms with Crippen LogP contribution >= 0.6 is 22.7 Å². The number of para-hydroxylation sites is 1. The molecule has 1 aliphatic heterocycles. The first-order chi connectivity index (χ1) is 13.0. The van der Waals surface area contributed by atoms with Crippen LogP contribution in [0.5, 0.6) is 0 Å². The lowest BCUT2D eigenvalue weighted by Gasteiger charge is -2.21. The molecule has 5 nitrogen and oxygen atoms in total. The standard InChI is InChI=1S/C19H18N2O3S3/c1-13(19(22)21-9-8-14-5-2-3-6-16(14)21)27(23,24)12-15-11-26-18(20-15)17-7-4-10-25-17/h2-7,10-11,13H,8-9,12H2,1H3/t13-/m1/s1. The number of sulfone groups is 1. The number of aromatic nitrogens is 1. The number of hydrogen-bond donors (Lipinski definition) is 0. The van der Waals surface area contributed by atoms with Gasteiger partial charge in [0, 0.05) is 17.6 Å². The molecular formula is C19H18N2O3S3. The summed E-state index contributed by atoms with van der Waals surface area (Å²) in [5.74, 6) is -0.592. The number of anilines is 1. The molecule has 27 heavy (non-hydrogen) atoms. The fourth-order valence-electron chi connectivity index (χ4n) is 3.16. The van der Waals surface area contributed by atoms with Crippen LogP contribution in [-0.2, 0) is 26.8 Å². The molecule has 3 aromatic rings. The predicted octanol–water partition coefficient (Wildman–Crippen LogP) is 3.76. The highest BCUT2D eigenvalue weighted by Crippen LogP contribution is 2.30. The Balaban J connectivity index is 1.51. The van der Waals surface area contributed by atoms with Crippen molar-refractivity contribution in [3.8, 4) is 9.88 Å². The highest BCUT2D eigenvalue weighted by atomic mass is 32.2. The fraction of sp³-hybridized carbons (Fsp3) is 0.263. The van der Waals surface area contributed by atoms with E-state index in [9.17, 15) is 13.2 Å². The van der Waals surface area contributed by atoms with Gasteiger partial charge in [-0.25, -0.2) is 13.4 Å². The summed E-state index contributed by atoms with van der Waals surface area (Å²) in [6.07, 6.45) is 0.755. The van der Waals surface area contributed by atoms with Crippen LogP contribution in [0.3, 0.4) is 0 Å². The van der Waals surface area contributed by atoms with E-state index in [1.165, 1.54) is 18.3 Å². The zero-order valence-corrected chi connectivity index (χ0v) is 17.1. The Bertz CT molecular complexity index is 1070. The monoisotopic (exact) mass is 418 g/mol. The Hall–Kier alpha value is -2.03. The van der Waals surface area contributed by atoms with Gasteiger partial charge in [0.05, 0.1) is 16.3 Å². The van der Waals surface area contributed by atoms with Gasteiger partial charge in [0.1, 0.15) is 10.3 Å². The molecule has 0 spiro atoms. The number of hydrogen-bond acceptors (Lipinski definition) is 6. The van der Waals surface area contributed by atoms with Crippen molar-refractivity contribution < 1.29 is 13.2 Å². The van der Waals surface area contributed by atoms with Crippen molar-refractivity contribution in [3.63, 3.8) is 0 Å². The number of carbonyl (C=O) groups excluding carboxylic acids is 1. The van der Waals surface area contributed by atoms with Crippen LogP contribution in [0.2, 0.25) is 0 Å². The van der Waals surface area contributed by atoms with E-state index in [0.29, 0.717) is 12.2 Å². The Labute approximate surface area is 166 Å². The van der Waals surface area contributed by atoms with Gasteiger partial charge in [-0.15, -0.1) is 22.7 Å². The number of amides is 1. The number of nitrogens with zero attached hydrogens (tertiary/aromatic N) is 2. The minimum Gasteiger partial charge on any atom is -0.311 e. The molecule has 0 saturated carbocycles. The maximum Gasteiger partial charge on any atom is 0.245 e. The van der Waals surface area contributed by atoms with E-state index in [0.717, 1.165) is 27.6 Å². The second kappa shape index (κ2) is 7.18. The van der Waals surface area contributed by atoms with E-state index < -0.39 is 15.1 Å². The molecule has 1 atom stereocenters. The van der Waals surface area contributed by atoms with Crippen LogP contribution < -0.4 is 4.90 Å². The summed E-state index contributed by atoms with van der Waals surface area (Å²) >= 11 is 2.99. The molecule has 2 aromatic heterocycles. The number of carbonyl (C=O) groups is 1. The van der Waals surface area contributed by atoms with Crippen LogP contribution in [0.15, 0.2) is 47.2 Å². The molecule has 1 aliphatic rings. The van der Waals surface area contributed by atoms with Crippen molar-refractivity contribution in [1.29, 1.82) is 0 Å². The van der Waals surface area contributed by atoms with E-state index in [1.807, 2.05) is 41.8 Å². The molecule has 0 radical (unpaired) electrons. The van der Waals surface area contributed by atoms with Crippen LogP contribution in [0.25, 0.3) is 9.88 Å². The van der Waals surface area contributed by atoms with Gasteiger partial charge in [-0.1, -0.05) is 24.3 Å². The minimum absolute atomic E-state index is 0.225. The summed E-state index contributed by atoms with van der Waals surface area (Å²) in [5.41, 5.74) is 2.39. The number of thiazole rings is 1. The van der Waals surface area contributed by atoms with Gasteiger partial charge in [-0.3, -0.25) is 4.79 Å².